The van der Waals surface area contributed by atoms with Crippen LogP contribution in [0.4, 0.5) is 9.59 Å². The maximum Gasteiger partial charge on any atom is 0.417 e. The molecule has 1 aliphatic heterocycles. The molecule has 0 saturated carbocycles. The number of cyclic esters (lactones) is 1. The van der Waals surface area contributed by atoms with Gasteiger partial charge in [-0.3, -0.25) is 4.79 Å². The van der Waals surface area contributed by atoms with Gasteiger partial charge in [-0.15, -0.1) is 0 Å². The van der Waals surface area contributed by atoms with E-state index in [9.17, 15) is 14.4 Å². The van der Waals surface area contributed by atoms with E-state index in [0.717, 1.165) is 16.0 Å². The van der Waals surface area contributed by atoms with Gasteiger partial charge in [0.15, 0.2) is 0 Å². The summed E-state index contributed by atoms with van der Waals surface area (Å²) in [5, 5.41) is 5.67. The minimum atomic E-state index is -1.06. The molecular formula is C24H29N3O5. The lowest BCUT2D eigenvalue weighted by atomic mass is 9.92. The molecule has 0 aromatic heterocycles. The highest BCUT2D eigenvalue weighted by Crippen LogP contribution is 2.22. The van der Waals surface area contributed by atoms with E-state index in [0.29, 0.717) is 6.42 Å². The number of alkyl carbamates (subject to hydrolysis) is 1. The van der Waals surface area contributed by atoms with Gasteiger partial charge in [-0.05, 0) is 38.4 Å². The number of benzene rings is 2. The summed E-state index contributed by atoms with van der Waals surface area (Å²) in [6.07, 6.45) is -1.00. The van der Waals surface area contributed by atoms with E-state index in [1.807, 2.05) is 60.7 Å². The number of hydrogen-bond acceptors (Lipinski definition) is 6. The average Bonchev–Trinajstić information content (AvgIpc) is 3.16. The number of nitrogens with zero attached hydrogens (tertiary/aromatic N) is 1. The summed E-state index contributed by atoms with van der Waals surface area (Å²) in [5.41, 5.74) is 0.945. The molecule has 0 spiro atoms. The Kier molecular flexibility index (Phi) is 7.48. The summed E-state index contributed by atoms with van der Waals surface area (Å²) in [6, 6.07) is 17.3. The molecule has 0 radical (unpaired) electrons. The zero-order valence-electron chi connectivity index (χ0n) is 18.5. The number of rotatable bonds is 8. The standard InChI is InChI=1S/C24H29N3O5/c1-24(2,25-3)20(26-22(29)31-15-18-12-8-5-9-13-18)21(28)27-19(16-32-23(27)30)14-17-10-6-4-7-11-17/h4-13,19-20,25H,14-16H2,1-3H3,(H,26,29)/t19-,20-/m1/s1. The summed E-state index contributed by atoms with van der Waals surface area (Å²) < 4.78 is 10.5. The Balaban J connectivity index is 1.74. The van der Waals surface area contributed by atoms with Gasteiger partial charge in [0, 0.05) is 5.54 Å². The molecule has 32 heavy (non-hydrogen) atoms. The van der Waals surface area contributed by atoms with E-state index in [2.05, 4.69) is 10.6 Å². The molecule has 1 aliphatic rings. The molecule has 1 heterocycles. The predicted molar refractivity (Wildman–Crippen MR) is 119 cm³/mol. The van der Waals surface area contributed by atoms with Crippen LogP contribution in [0, 0.1) is 0 Å². The quantitative estimate of drug-likeness (QED) is 0.657. The first-order valence-corrected chi connectivity index (χ1v) is 10.5. The first kappa shape index (κ1) is 23.3. The van der Waals surface area contributed by atoms with Crippen molar-refractivity contribution in [2.75, 3.05) is 13.7 Å². The lowest BCUT2D eigenvalue weighted by molar-refractivity contribution is -0.133. The summed E-state index contributed by atoms with van der Waals surface area (Å²) in [6.45, 7) is 3.70. The predicted octanol–water partition coefficient (Wildman–Crippen LogP) is 2.87. The van der Waals surface area contributed by atoms with E-state index < -0.39 is 35.7 Å². The summed E-state index contributed by atoms with van der Waals surface area (Å²) in [5.74, 6) is -0.551. The van der Waals surface area contributed by atoms with Gasteiger partial charge in [0.25, 0.3) is 5.91 Å². The molecule has 2 aromatic rings. The van der Waals surface area contributed by atoms with Gasteiger partial charge in [-0.2, -0.15) is 0 Å². The number of carbonyl (C=O) groups is 3. The first-order chi connectivity index (χ1) is 15.3. The van der Waals surface area contributed by atoms with E-state index in [1.54, 1.807) is 20.9 Å². The monoisotopic (exact) mass is 439 g/mol. The SMILES string of the molecule is CNC(C)(C)[C@H](NC(=O)OCc1ccccc1)C(=O)N1C(=O)OC[C@H]1Cc1ccccc1. The Hall–Kier alpha value is -3.39. The van der Waals surface area contributed by atoms with Crippen LogP contribution in [0.3, 0.4) is 0 Å². The maximum atomic E-state index is 13.5. The van der Waals surface area contributed by atoms with Crippen LogP contribution in [0.15, 0.2) is 60.7 Å². The smallest absolute Gasteiger partial charge is 0.417 e. The molecule has 8 heteroatoms. The lowest BCUT2D eigenvalue weighted by Gasteiger charge is -2.35. The molecule has 0 unspecified atom stereocenters. The van der Waals surface area contributed by atoms with Crippen molar-refractivity contribution >= 4 is 18.1 Å². The van der Waals surface area contributed by atoms with Gasteiger partial charge in [-0.1, -0.05) is 60.7 Å². The molecule has 2 aromatic carbocycles. The fraction of sp³-hybridized carbons (Fsp3) is 0.375. The summed E-state index contributed by atoms with van der Waals surface area (Å²) >= 11 is 0. The normalized spacial score (nSPS) is 16.9. The highest BCUT2D eigenvalue weighted by molar-refractivity contribution is 5.98. The summed E-state index contributed by atoms with van der Waals surface area (Å²) in [4.78, 5) is 39.6. The van der Waals surface area contributed by atoms with Crippen LogP contribution in [0.1, 0.15) is 25.0 Å². The molecule has 1 saturated heterocycles. The number of imide groups is 1. The highest BCUT2D eigenvalue weighted by atomic mass is 16.6. The molecule has 2 atom stereocenters. The van der Waals surface area contributed by atoms with Gasteiger partial charge in [0.2, 0.25) is 0 Å². The number of likely N-dealkylation sites (N-methyl/N-ethyl adjacent to an activating group) is 1. The number of carbonyl (C=O) groups excluding carboxylic acids is 3. The van der Waals surface area contributed by atoms with Crippen LogP contribution in [0.2, 0.25) is 0 Å². The van der Waals surface area contributed by atoms with Crippen molar-refractivity contribution in [1.29, 1.82) is 0 Å². The third kappa shape index (κ3) is 5.64. The molecule has 3 rings (SSSR count). The zero-order valence-corrected chi connectivity index (χ0v) is 18.5. The number of amides is 3. The number of hydrogen-bond donors (Lipinski definition) is 2. The van der Waals surface area contributed by atoms with Crippen molar-refractivity contribution in [1.82, 2.24) is 15.5 Å². The second-order valence-electron chi connectivity index (χ2n) is 8.24. The van der Waals surface area contributed by atoms with Crippen LogP contribution in [-0.2, 0) is 27.3 Å². The van der Waals surface area contributed by atoms with Crippen molar-refractivity contribution in [3.05, 3.63) is 71.8 Å². The topological polar surface area (TPSA) is 97.0 Å². The zero-order chi connectivity index (χ0) is 23.1. The molecule has 0 bridgehead atoms. The Labute approximate surface area is 187 Å². The second kappa shape index (κ2) is 10.3. The van der Waals surface area contributed by atoms with Crippen LogP contribution >= 0.6 is 0 Å². The van der Waals surface area contributed by atoms with Crippen molar-refractivity contribution in [3.8, 4) is 0 Å². The molecular weight excluding hydrogens is 410 g/mol. The van der Waals surface area contributed by atoms with Crippen molar-refractivity contribution in [3.63, 3.8) is 0 Å². The molecule has 170 valence electrons. The summed E-state index contributed by atoms with van der Waals surface area (Å²) in [7, 11) is 1.68. The van der Waals surface area contributed by atoms with Crippen LogP contribution in [0.25, 0.3) is 0 Å². The van der Waals surface area contributed by atoms with Crippen molar-refractivity contribution in [2.24, 2.45) is 0 Å². The van der Waals surface area contributed by atoms with Gasteiger partial charge in [0.05, 0.1) is 6.04 Å². The van der Waals surface area contributed by atoms with Gasteiger partial charge in [0.1, 0.15) is 19.3 Å². The minimum absolute atomic E-state index is 0.0654. The Morgan fingerprint density at radius 1 is 1.09 bits per heavy atom. The first-order valence-electron chi connectivity index (χ1n) is 10.5. The van der Waals surface area contributed by atoms with E-state index in [1.165, 1.54) is 0 Å². The van der Waals surface area contributed by atoms with E-state index >= 15 is 0 Å². The van der Waals surface area contributed by atoms with Gasteiger partial charge in [-0.25, -0.2) is 14.5 Å². The van der Waals surface area contributed by atoms with E-state index in [-0.39, 0.29) is 13.2 Å². The fourth-order valence-electron chi connectivity index (χ4n) is 3.48. The highest BCUT2D eigenvalue weighted by Gasteiger charge is 2.46. The van der Waals surface area contributed by atoms with Crippen molar-refractivity contribution < 1.29 is 23.9 Å². The van der Waals surface area contributed by atoms with Crippen LogP contribution in [0.5, 0.6) is 0 Å². The second-order valence-corrected chi connectivity index (χ2v) is 8.24. The largest absolute Gasteiger partial charge is 0.447 e. The Bertz CT molecular complexity index is 933. The third-order valence-electron chi connectivity index (χ3n) is 5.60. The Morgan fingerprint density at radius 2 is 1.69 bits per heavy atom. The maximum absolute atomic E-state index is 13.5. The van der Waals surface area contributed by atoms with Crippen LogP contribution in [-0.4, -0.2) is 54.3 Å². The van der Waals surface area contributed by atoms with Crippen molar-refractivity contribution in [2.45, 2.75) is 44.5 Å². The fourth-order valence-corrected chi connectivity index (χ4v) is 3.48. The molecule has 2 N–H and O–H groups in total. The minimum Gasteiger partial charge on any atom is -0.447 e. The third-order valence-corrected chi connectivity index (χ3v) is 5.60. The van der Waals surface area contributed by atoms with Crippen LogP contribution < -0.4 is 10.6 Å². The number of nitrogens with one attached hydrogen (secondary N) is 2. The lowest BCUT2D eigenvalue weighted by Crippen LogP contribution is -2.64. The molecule has 8 nitrogen and oxygen atoms in total. The molecule has 0 aliphatic carbocycles. The molecule has 1 fully saturated rings. The van der Waals surface area contributed by atoms with Gasteiger partial charge < -0.3 is 20.1 Å². The molecule has 3 amide bonds. The number of ether oxygens (including phenoxy) is 2. The average molecular weight is 440 g/mol. The van der Waals surface area contributed by atoms with E-state index in [4.69, 9.17) is 9.47 Å². The van der Waals surface area contributed by atoms with Gasteiger partial charge >= 0.3 is 12.2 Å². The Morgan fingerprint density at radius 3 is 2.28 bits per heavy atom.